The van der Waals surface area contributed by atoms with Gasteiger partial charge < -0.3 is 24.7 Å². The summed E-state index contributed by atoms with van der Waals surface area (Å²) in [6, 6.07) is 2.23. The van der Waals surface area contributed by atoms with Gasteiger partial charge in [0, 0.05) is 12.1 Å². The number of amides is 2. The second kappa shape index (κ2) is 7.19. The molecule has 2 amide bonds. The number of nitrogens with two attached hydrogens (primary N) is 1. The maximum atomic E-state index is 12.8. The minimum Gasteiger partial charge on any atom is -0.493 e. The topological polar surface area (TPSA) is 148 Å². The Labute approximate surface area is 163 Å². The van der Waals surface area contributed by atoms with Crippen LogP contribution in [0.5, 0.6) is 17.2 Å². The number of hydrogen-bond acceptors (Lipinski definition) is 9. The molecule has 0 fully saturated rings. The van der Waals surface area contributed by atoms with Gasteiger partial charge in [0.1, 0.15) is 11.5 Å². The lowest BCUT2D eigenvalue weighted by atomic mass is 10.1. The van der Waals surface area contributed by atoms with Crippen molar-refractivity contribution in [2.75, 3.05) is 34.2 Å². The number of hydrogen-bond donors (Lipinski definition) is 2. The molecule has 29 heavy (non-hydrogen) atoms. The molecular formula is C18H17N3O8. The number of imide groups is 1. The lowest BCUT2D eigenvalue weighted by molar-refractivity contribution is 0.0599. The predicted molar refractivity (Wildman–Crippen MR) is 99.2 cm³/mol. The van der Waals surface area contributed by atoms with Gasteiger partial charge in [0.05, 0.1) is 45.1 Å². The van der Waals surface area contributed by atoms with Crippen molar-refractivity contribution in [3.05, 3.63) is 39.2 Å². The number of carbonyl (C=O) groups is 3. The minimum absolute atomic E-state index is 0.0641. The number of nitrogen functional groups attached to an aromatic ring is 1. The second-order valence-electron chi connectivity index (χ2n) is 5.81. The van der Waals surface area contributed by atoms with Gasteiger partial charge in [0.2, 0.25) is 5.75 Å². The van der Waals surface area contributed by atoms with Crippen molar-refractivity contribution in [1.82, 2.24) is 9.88 Å². The number of ether oxygens (including phenoxy) is 4. The van der Waals surface area contributed by atoms with Crippen LogP contribution in [-0.4, -0.2) is 50.8 Å². The monoisotopic (exact) mass is 403 g/mol. The van der Waals surface area contributed by atoms with E-state index in [9.17, 15) is 19.2 Å². The number of benzene rings is 1. The molecule has 0 radical (unpaired) electrons. The first-order chi connectivity index (χ1) is 13.8. The normalized spacial score (nSPS) is 12.3. The van der Waals surface area contributed by atoms with Crippen molar-refractivity contribution in [2.45, 2.75) is 0 Å². The standard InChI is InChI=1S/C18H17N3O8/c1-26-9-5-8(18(25)29-4)12(14(28-3)13(9)27-2)21-10(22)6-7-11(15(21)19)17(24)20-16(7)23/h5-6H,19H2,1-4H3,(H,20,23,24). The molecule has 3 N–H and O–H groups in total. The number of esters is 1. The number of nitrogens with one attached hydrogen (secondary N) is 1. The Morgan fingerprint density at radius 1 is 0.966 bits per heavy atom. The van der Waals surface area contributed by atoms with Crippen molar-refractivity contribution in [3.63, 3.8) is 0 Å². The third-order valence-electron chi connectivity index (χ3n) is 4.39. The van der Waals surface area contributed by atoms with E-state index in [1.807, 2.05) is 0 Å². The number of methoxy groups -OCH3 is 4. The molecule has 0 saturated heterocycles. The first kappa shape index (κ1) is 19.7. The predicted octanol–water partition coefficient (Wildman–Crippen LogP) is 0.116. The zero-order valence-corrected chi connectivity index (χ0v) is 15.9. The van der Waals surface area contributed by atoms with Crippen LogP contribution in [0.1, 0.15) is 31.1 Å². The first-order valence-electron chi connectivity index (χ1n) is 8.13. The third-order valence-corrected chi connectivity index (χ3v) is 4.39. The molecule has 1 aromatic carbocycles. The Morgan fingerprint density at radius 3 is 2.17 bits per heavy atom. The van der Waals surface area contributed by atoms with Crippen LogP contribution >= 0.6 is 0 Å². The first-order valence-corrected chi connectivity index (χ1v) is 8.13. The Kier molecular flexibility index (Phi) is 4.89. The summed E-state index contributed by atoms with van der Waals surface area (Å²) in [6.45, 7) is 0. The molecular weight excluding hydrogens is 386 g/mol. The maximum Gasteiger partial charge on any atom is 0.340 e. The average Bonchev–Trinajstić information content (AvgIpc) is 2.99. The van der Waals surface area contributed by atoms with Gasteiger partial charge in [0.15, 0.2) is 11.5 Å². The summed E-state index contributed by atoms with van der Waals surface area (Å²) in [5.74, 6) is -2.55. The summed E-state index contributed by atoms with van der Waals surface area (Å²) >= 11 is 0. The largest absolute Gasteiger partial charge is 0.493 e. The maximum absolute atomic E-state index is 12.8. The van der Waals surface area contributed by atoms with E-state index in [4.69, 9.17) is 24.7 Å². The van der Waals surface area contributed by atoms with Crippen LogP contribution in [0, 0.1) is 0 Å². The number of pyridine rings is 1. The van der Waals surface area contributed by atoms with Gasteiger partial charge in [-0.3, -0.25) is 24.3 Å². The van der Waals surface area contributed by atoms with E-state index in [1.54, 1.807) is 0 Å². The number of aromatic nitrogens is 1. The fraction of sp³-hybridized carbons (Fsp3) is 0.222. The van der Waals surface area contributed by atoms with Crippen molar-refractivity contribution in [2.24, 2.45) is 0 Å². The SMILES string of the molecule is COC(=O)c1cc(OC)c(OC)c(OC)c1-n1c(N)c2c(cc1=O)C(=O)NC2=O. The van der Waals surface area contributed by atoms with E-state index in [1.165, 1.54) is 27.4 Å². The molecule has 0 atom stereocenters. The van der Waals surface area contributed by atoms with E-state index in [-0.39, 0.29) is 45.4 Å². The van der Waals surface area contributed by atoms with Crippen molar-refractivity contribution in [1.29, 1.82) is 0 Å². The summed E-state index contributed by atoms with van der Waals surface area (Å²) in [4.78, 5) is 49.3. The van der Waals surface area contributed by atoms with Crippen LogP contribution in [-0.2, 0) is 4.74 Å². The number of carbonyl (C=O) groups excluding carboxylic acids is 3. The van der Waals surface area contributed by atoms with Crippen molar-refractivity contribution in [3.8, 4) is 22.9 Å². The Hall–Kier alpha value is -4.02. The fourth-order valence-electron chi connectivity index (χ4n) is 3.14. The Bertz CT molecular complexity index is 1120. The van der Waals surface area contributed by atoms with E-state index in [2.05, 4.69) is 5.32 Å². The third kappa shape index (κ3) is 2.83. The highest BCUT2D eigenvalue weighted by Crippen LogP contribution is 2.44. The quantitative estimate of drug-likeness (QED) is 0.524. The molecule has 1 aliphatic rings. The second-order valence-corrected chi connectivity index (χ2v) is 5.81. The molecule has 2 heterocycles. The lowest BCUT2D eigenvalue weighted by Crippen LogP contribution is -2.26. The van der Waals surface area contributed by atoms with Crippen LogP contribution in [0.25, 0.3) is 5.69 Å². The van der Waals surface area contributed by atoms with E-state index < -0.39 is 23.3 Å². The fourth-order valence-corrected chi connectivity index (χ4v) is 3.14. The Morgan fingerprint density at radius 2 is 1.62 bits per heavy atom. The molecule has 1 aromatic heterocycles. The van der Waals surface area contributed by atoms with Gasteiger partial charge in [-0.15, -0.1) is 0 Å². The highest BCUT2D eigenvalue weighted by molar-refractivity contribution is 6.23. The lowest BCUT2D eigenvalue weighted by Gasteiger charge is -2.21. The highest BCUT2D eigenvalue weighted by Gasteiger charge is 2.34. The van der Waals surface area contributed by atoms with Gasteiger partial charge >= 0.3 is 5.97 Å². The van der Waals surface area contributed by atoms with Gasteiger partial charge in [0.25, 0.3) is 17.4 Å². The van der Waals surface area contributed by atoms with Gasteiger partial charge in [-0.2, -0.15) is 0 Å². The smallest absolute Gasteiger partial charge is 0.340 e. The molecule has 0 saturated carbocycles. The summed E-state index contributed by atoms with van der Waals surface area (Å²) in [6.07, 6.45) is 0. The number of nitrogens with zero attached hydrogens (tertiary/aromatic N) is 1. The molecule has 0 aliphatic carbocycles. The van der Waals surface area contributed by atoms with E-state index in [0.29, 0.717) is 0 Å². The molecule has 2 aromatic rings. The molecule has 152 valence electrons. The van der Waals surface area contributed by atoms with Gasteiger partial charge in [-0.05, 0) is 0 Å². The molecule has 11 nitrogen and oxygen atoms in total. The summed E-state index contributed by atoms with van der Waals surface area (Å²) in [7, 11) is 5.12. The van der Waals surface area contributed by atoms with Crippen LogP contribution in [0.15, 0.2) is 16.9 Å². The number of anilines is 1. The average molecular weight is 403 g/mol. The number of rotatable bonds is 5. The van der Waals surface area contributed by atoms with E-state index in [0.717, 1.165) is 17.7 Å². The van der Waals surface area contributed by atoms with E-state index >= 15 is 0 Å². The Balaban J connectivity index is 2.51. The highest BCUT2D eigenvalue weighted by atomic mass is 16.5. The van der Waals surface area contributed by atoms with Crippen LogP contribution in [0.2, 0.25) is 0 Å². The van der Waals surface area contributed by atoms with Gasteiger partial charge in [-0.1, -0.05) is 0 Å². The zero-order valence-electron chi connectivity index (χ0n) is 15.9. The molecule has 3 rings (SSSR count). The van der Waals surface area contributed by atoms with Crippen molar-refractivity contribution < 1.29 is 33.3 Å². The van der Waals surface area contributed by atoms with Crippen LogP contribution in [0.4, 0.5) is 5.82 Å². The van der Waals surface area contributed by atoms with Crippen LogP contribution < -0.4 is 30.8 Å². The molecule has 0 spiro atoms. The minimum atomic E-state index is -0.827. The molecule has 11 heteroatoms. The molecule has 0 bridgehead atoms. The number of fused-ring (bicyclic) bond motifs is 1. The van der Waals surface area contributed by atoms with Crippen molar-refractivity contribution >= 4 is 23.6 Å². The summed E-state index contributed by atoms with van der Waals surface area (Å²) in [5, 5.41) is 2.07. The molecule has 1 aliphatic heterocycles. The summed E-state index contributed by atoms with van der Waals surface area (Å²) < 4.78 is 21.6. The van der Waals surface area contributed by atoms with Crippen LogP contribution in [0.3, 0.4) is 0 Å². The van der Waals surface area contributed by atoms with Gasteiger partial charge in [-0.25, -0.2) is 4.79 Å². The summed E-state index contributed by atoms with van der Waals surface area (Å²) in [5.41, 5.74) is 4.69. The molecule has 0 unspecified atom stereocenters. The zero-order chi connectivity index (χ0) is 21.5.